The molecule has 0 unspecified atom stereocenters. The molecule has 4 nitrogen and oxygen atoms in total. The van der Waals surface area contributed by atoms with Crippen molar-refractivity contribution in [2.24, 2.45) is 0 Å². The van der Waals surface area contributed by atoms with Crippen molar-refractivity contribution in [3.05, 3.63) is 99.5 Å². The van der Waals surface area contributed by atoms with Gasteiger partial charge in [0.1, 0.15) is 11.6 Å². The van der Waals surface area contributed by atoms with E-state index in [2.05, 4.69) is 26.6 Å². The fourth-order valence-corrected chi connectivity index (χ4v) is 3.12. The van der Waals surface area contributed by atoms with E-state index in [0.717, 1.165) is 16.1 Å². The van der Waals surface area contributed by atoms with Crippen molar-refractivity contribution in [2.45, 2.75) is 12.8 Å². The van der Waals surface area contributed by atoms with Crippen molar-refractivity contribution in [3.8, 4) is 0 Å². The topological polar surface area (TPSA) is 58.2 Å². The molecule has 0 aliphatic heterocycles. The van der Waals surface area contributed by atoms with E-state index in [9.17, 15) is 18.4 Å². The van der Waals surface area contributed by atoms with Gasteiger partial charge < -0.3 is 10.6 Å². The number of benzene rings is 3. The molecule has 0 aromatic heterocycles. The van der Waals surface area contributed by atoms with E-state index in [1.165, 1.54) is 12.1 Å². The van der Waals surface area contributed by atoms with Crippen LogP contribution in [-0.4, -0.2) is 18.4 Å². The van der Waals surface area contributed by atoms with E-state index in [0.29, 0.717) is 23.2 Å². The largest absolute Gasteiger partial charge is 0.355 e. The molecule has 30 heavy (non-hydrogen) atoms. The molecule has 7 heteroatoms. The van der Waals surface area contributed by atoms with Crippen molar-refractivity contribution < 1.29 is 18.4 Å². The van der Waals surface area contributed by atoms with E-state index in [1.54, 1.807) is 48.5 Å². The average Bonchev–Trinajstić information content (AvgIpc) is 2.69. The van der Waals surface area contributed by atoms with Gasteiger partial charge in [-0.05, 0) is 66.1 Å². The molecule has 0 aliphatic carbocycles. The molecule has 0 spiro atoms. The third-order valence-electron chi connectivity index (χ3n) is 4.34. The first-order valence-electron chi connectivity index (χ1n) is 9.26. The number of nitrogens with one attached hydrogen (secondary N) is 2. The average molecular weight is 473 g/mol. The summed E-state index contributed by atoms with van der Waals surface area (Å²) in [6, 6.07) is 17.3. The Labute approximate surface area is 181 Å². The maximum absolute atomic E-state index is 13.2. The van der Waals surface area contributed by atoms with Crippen LogP contribution < -0.4 is 10.6 Å². The molecule has 0 saturated heterocycles. The molecule has 0 radical (unpaired) electrons. The lowest BCUT2D eigenvalue weighted by molar-refractivity contribution is -0.120. The fourth-order valence-electron chi connectivity index (χ4n) is 2.86. The molecular weight excluding hydrogens is 454 g/mol. The Morgan fingerprint density at radius 3 is 2.10 bits per heavy atom. The van der Waals surface area contributed by atoms with Gasteiger partial charge >= 0.3 is 0 Å². The Hall–Kier alpha value is -3.06. The van der Waals surface area contributed by atoms with Crippen LogP contribution in [0.3, 0.4) is 0 Å². The number of carbonyl (C=O) groups is 2. The Kier molecular flexibility index (Phi) is 7.30. The zero-order valence-electron chi connectivity index (χ0n) is 15.9. The van der Waals surface area contributed by atoms with Gasteiger partial charge in [-0.25, -0.2) is 8.78 Å². The summed E-state index contributed by atoms with van der Waals surface area (Å²) in [5.74, 6) is -1.69. The van der Waals surface area contributed by atoms with Crippen LogP contribution in [0.4, 0.5) is 14.5 Å². The van der Waals surface area contributed by atoms with Crippen molar-refractivity contribution in [3.63, 3.8) is 0 Å². The molecule has 0 saturated carbocycles. The number of carbonyl (C=O) groups excluding carboxylic acids is 2. The maximum Gasteiger partial charge on any atom is 0.255 e. The monoisotopic (exact) mass is 472 g/mol. The number of hydrogen-bond donors (Lipinski definition) is 2. The molecular formula is C23H19BrF2N2O2. The first kappa shape index (κ1) is 21.6. The predicted octanol–water partition coefficient (Wildman–Crippen LogP) is 4.88. The SMILES string of the molecule is O=C(Cc1ccc(NC(=O)c2ccc(Br)cc2)cc1)NCCc1cc(F)cc(F)c1. The van der Waals surface area contributed by atoms with Gasteiger partial charge in [0.05, 0.1) is 6.42 Å². The molecule has 3 aromatic carbocycles. The highest BCUT2D eigenvalue weighted by Gasteiger charge is 2.08. The fraction of sp³-hybridized carbons (Fsp3) is 0.130. The summed E-state index contributed by atoms with van der Waals surface area (Å²) in [7, 11) is 0. The van der Waals surface area contributed by atoms with Crippen LogP contribution in [0, 0.1) is 11.6 Å². The highest BCUT2D eigenvalue weighted by atomic mass is 79.9. The number of anilines is 1. The zero-order valence-corrected chi connectivity index (χ0v) is 17.5. The van der Waals surface area contributed by atoms with E-state index in [-0.39, 0.29) is 24.8 Å². The minimum atomic E-state index is -0.636. The summed E-state index contributed by atoms with van der Waals surface area (Å²) in [6.45, 7) is 0.281. The van der Waals surface area contributed by atoms with Crippen molar-refractivity contribution in [2.75, 3.05) is 11.9 Å². The Bertz CT molecular complexity index is 1020. The molecule has 0 aliphatic rings. The summed E-state index contributed by atoms with van der Waals surface area (Å²) < 4.78 is 27.2. The predicted molar refractivity (Wildman–Crippen MR) is 115 cm³/mol. The van der Waals surface area contributed by atoms with Gasteiger partial charge in [0.25, 0.3) is 5.91 Å². The molecule has 0 bridgehead atoms. The summed E-state index contributed by atoms with van der Waals surface area (Å²) in [6.07, 6.45) is 0.500. The van der Waals surface area contributed by atoms with Crippen molar-refractivity contribution in [1.29, 1.82) is 0 Å². The second kappa shape index (κ2) is 10.1. The second-order valence-electron chi connectivity index (χ2n) is 6.71. The standard InChI is InChI=1S/C23H19BrF2N2O2/c24-18-5-3-17(4-6-18)23(30)28-21-7-1-15(2-8-21)13-22(29)27-10-9-16-11-19(25)14-20(26)12-16/h1-8,11-12,14H,9-10,13H2,(H,27,29)(H,28,30). The summed E-state index contributed by atoms with van der Waals surface area (Å²) in [5.41, 5.74) is 2.43. The number of halogens is 3. The van der Waals surface area contributed by atoms with Crippen LogP contribution in [0.1, 0.15) is 21.5 Å². The minimum absolute atomic E-state index is 0.165. The highest BCUT2D eigenvalue weighted by molar-refractivity contribution is 9.10. The maximum atomic E-state index is 13.2. The Morgan fingerprint density at radius 1 is 0.833 bits per heavy atom. The van der Waals surface area contributed by atoms with E-state index in [1.807, 2.05) is 0 Å². The molecule has 2 N–H and O–H groups in total. The second-order valence-corrected chi connectivity index (χ2v) is 7.63. The van der Waals surface area contributed by atoms with Gasteiger partial charge in [0, 0.05) is 28.3 Å². The lowest BCUT2D eigenvalue weighted by Crippen LogP contribution is -2.27. The van der Waals surface area contributed by atoms with Crippen LogP contribution in [0.15, 0.2) is 71.2 Å². The summed E-state index contributed by atoms with van der Waals surface area (Å²) in [5, 5.41) is 5.54. The molecule has 0 atom stereocenters. The number of hydrogen-bond acceptors (Lipinski definition) is 2. The minimum Gasteiger partial charge on any atom is -0.355 e. The lowest BCUT2D eigenvalue weighted by atomic mass is 10.1. The van der Waals surface area contributed by atoms with Gasteiger partial charge in [-0.15, -0.1) is 0 Å². The molecule has 0 heterocycles. The third kappa shape index (κ3) is 6.49. The van der Waals surface area contributed by atoms with Gasteiger partial charge in [-0.1, -0.05) is 28.1 Å². The summed E-state index contributed by atoms with van der Waals surface area (Å²) >= 11 is 3.33. The quantitative estimate of drug-likeness (QED) is 0.514. The molecule has 3 aromatic rings. The van der Waals surface area contributed by atoms with Crippen LogP contribution in [0.2, 0.25) is 0 Å². The van der Waals surface area contributed by atoms with Crippen LogP contribution in [0.5, 0.6) is 0 Å². The highest BCUT2D eigenvalue weighted by Crippen LogP contribution is 2.14. The smallest absolute Gasteiger partial charge is 0.255 e. The van der Waals surface area contributed by atoms with Crippen LogP contribution in [-0.2, 0) is 17.6 Å². The lowest BCUT2D eigenvalue weighted by Gasteiger charge is -2.08. The van der Waals surface area contributed by atoms with Crippen molar-refractivity contribution in [1.82, 2.24) is 5.32 Å². The van der Waals surface area contributed by atoms with Crippen molar-refractivity contribution >= 4 is 33.4 Å². The van der Waals surface area contributed by atoms with E-state index < -0.39 is 11.6 Å². The number of rotatable bonds is 7. The molecule has 2 amide bonds. The van der Waals surface area contributed by atoms with Gasteiger partial charge in [0.15, 0.2) is 0 Å². The van der Waals surface area contributed by atoms with Crippen LogP contribution >= 0.6 is 15.9 Å². The third-order valence-corrected chi connectivity index (χ3v) is 4.87. The molecule has 154 valence electrons. The Balaban J connectivity index is 1.47. The van der Waals surface area contributed by atoms with Gasteiger partial charge in [-0.2, -0.15) is 0 Å². The van der Waals surface area contributed by atoms with Gasteiger partial charge in [-0.3, -0.25) is 9.59 Å². The molecule has 3 rings (SSSR count). The van der Waals surface area contributed by atoms with E-state index >= 15 is 0 Å². The van der Waals surface area contributed by atoms with E-state index in [4.69, 9.17) is 0 Å². The zero-order chi connectivity index (χ0) is 21.5. The summed E-state index contributed by atoms with van der Waals surface area (Å²) in [4.78, 5) is 24.3. The molecule has 0 fully saturated rings. The van der Waals surface area contributed by atoms with Gasteiger partial charge in [0.2, 0.25) is 5.91 Å². The Morgan fingerprint density at radius 2 is 1.47 bits per heavy atom. The first-order valence-corrected chi connectivity index (χ1v) is 10.1. The van der Waals surface area contributed by atoms with Crippen LogP contribution in [0.25, 0.3) is 0 Å². The normalized spacial score (nSPS) is 10.5. The number of amides is 2. The first-order chi connectivity index (χ1) is 14.4.